The van der Waals surface area contributed by atoms with Crippen LogP contribution in [-0.4, -0.2) is 23.8 Å². The van der Waals surface area contributed by atoms with Gasteiger partial charge in [0, 0.05) is 9.61 Å². The Hall–Kier alpha value is -1.64. The first kappa shape index (κ1) is 13.8. The van der Waals surface area contributed by atoms with Gasteiger partial charge in [-0.15, -0.1) is 0 Å². The number of hydrazine groups is 1. The van der Waals surface area contributed by atoms with Gasteiger partial charge in [-0.1, -0.05) is 12.1 Å². The monoisotopic (exact) mass is 373 g/mol. The van der Waals surface area contributed by atoms with Crippen LogP contribution in [0.4, 0.5) is 0 Å². The molecule has 100 valence electrons. The van der Waals surface area contributed by atoms with E-state index in [1.807, 2.05) is 22.6 Å². The van der Waals surface area contributed by atoms with Crippen molar-refractivity contribution in [1.29, 1.82) is 0 Å². The second kappa shape index (κ2) is 6.00. The van der Waals surface area contributed by atoms with Crippen LogP contribution in [0.1, 0.15) is 23.2 Å². The van der Waals surface area contributed by atoms with Crippen molar-refractivity contribution < 1.29 is 14.4 Å². The summed E-state index contributed by atoms with van der Waals surface area (Å²) in [4.78, 5) is 34.5. The summed E-state index contributed by atoms with van der Waals surface area (Å²) in [6.45, 7) is 0. The Balaban J connectivity index is 1.84. The first-order valence-electron chi connectivity index (χ1n) is 5.73. The molecule has 3 amide bonds. The predicted octanol–water partition coefficient (Wildman–Crippen LogP) is 0.331. The number of amides is 3. The fourth-order valence-electron chi connectivity index (χ4n) is 1.36. The summed E-state index contributed by atoms with van der Waals surface area (Å²) >= 11 is 2.02. The number of carbonyl (C=O) groups is 3. The third kappa shape index (κ3) is 3.91. The third-order valence-corrected chi connectivity index (χ3v) is 3.47. The molecule has 1 aromatic carbocycles. The van der Waals surface area contributed by atoms with E-state index in [0.29, 0.717) is 5.56 Å². The van der Waals surface area contributed by atoms with Gasteiger partial charge in [0.1, 0.15) is 0 Å². The van der Waals surface area contributed by atoms with E-state index in [1.54, 1.807) is 24.3 Å². The first-order valence-corrected chi connectivity index (χ1v) is 6.81. The van der Waals surface area contributed by atoms with Gasteiger partial charge in [-0.2, -0.15) is 0 Å². The molecule has 19 heavy (non-hydrogen) atoms. The van der Waals surface area contributed by atoms with Crippen LogP contribution in [0.15, 0.2) is 24.3 Å². The molecule has 1 aromatic rings. The van der Waals surface area contributed by atoms with Crippen molar-refractivity contribution in [3.63, 3.8) is 0 Å². The van der Waals surface area contributed by atoms with E-state index in [9.17, 15) is 14.4 Å². The second-order valence-electron chi connectivity index (χ2n) is 4.14. The molecule has 1 fully saturated rings. The van der Waals surface area contributed by atoms with Gasteiger partial charge in [0.15, 0.2) is 0 Å². The summed E-state index contributed by atoms with van der Waals surface area (Å²) in [5, 5.41) is 2.52. The van der Waals surface area contributed by atoms with Crippen molar-refractivity contribution in [1.82, 2.24) is 16.2 Å². The maximum absolute atomic E-state index is 11.8. The maximum Gasteiger partial charge on any atom is 0.327 e. The number of rotatable bonds is 2. The Morgan fingerprint density at radius 1 is 1.05 bits per heavy atom. The number of hydrogen-bond acceptors (Lipinski definition) is 3. The summed E-state index contributed by atoms with van der Waals surface area (Å²) < 4.78 is 0.759. The first-order chi connectivity index (χ1) is 9.08. The summed E-state index contributed by atoms with van der Waals surface area (Å²) in [5.74, 6) is -2.06. The van der Waals surface area contributed by atoms with Crippen molar-refractivity contribution in [3.05, 3.63) is 33.4 Å². The normalized spacial score (nSPS) is 13.5. The van der Waals surface area contributed by atoms with Crippen LogP contribution >= 0.6 is 22.6 Å². The average Bonchev–Trinajstić information content (AvgIpc) is 3.20. The zero-order valence-corrected chi connectivity index (χ0v) is 12.1. The van der Waals surface area contributed by atoms with Gasteiger partial charge < -0.3 is 5.32 Å². The van der Waals surface area contributed by atoms with Crippen LogP contribution in [0.25, 0.3) is 0 Å². The van der Waals surface area contributed by atoms with E-state index in [4.69, 9.17) is 0 Å². The summed E-state index contributed by atoms with van der Waals surface area (Å²) in [6, 6.07) is 7.04. The molecular formula is C12H12IN3O3. The highest BCUT2D eigenvalue weighted by molar-refractivity contribution is 14.1. The molecule has 0 radical (unpaired) electrons. The van der Waals surface area contributed by atoms with Crippen LogP contribution < -0.4 is 16.2 Å². The van der Waals surface area contributed by atoms with E-state index < -0.39 is 17.7 Å². The largest absolute Gasteiger partial charge is 0.345 e. The lowest BCUT2D eigenvalue weighted by Crippen LogP contribution is -2.49. The molecule has 0 spiro atoms. The van der Waals surface area contributed by atoms with Crippen molar-refractivity contribution in [3.8, 4) is 0 Å². The topological polar surface area (TPSA) is 87.3 Å². The van der Waals surface area contributed by atoms with E-state index >= 15 is 0 Å². The van der Waals surface area contributed by atoms with Crippen LogP contribution in [0, 0.1) is 3.57 Å². The smallest absolute Gasteiger partial charge is 0.327 e. The highest BCUT2D eigenvalue weighted by atomic mass is 127. The maximum atomic E-state index is 11.8. The number of nitrogens with one attached hydrogen (secondary N) is 3. The van der Waals surface area contributed by atoms with Gasteiger partial charge in [-0.05, 0) is 47.6 Å². The molecule has 0 unspecified atom stereocenters. The number of carbonyl (C=O) groups excluding carboxylic acids is 3. The van der Waals surface area contributed by atoms with Crippen LogP contribution in [0.2, 0.25) is 0 Å². The minimum Gasteiger partial charge on any atom is -0.345 e. The molecule has 2 rings (SSSR count). The van der Waals surface area contributed by atoms with Gasteiger partial charge in [-0.3, -0.25) is 25.2 Å². The number of hydrogen-bond donors (Lipinski definition) is 3. The standard InChI is InChI=1S/C12H12IN3O3/c13-9-4-2-1-3-8(9)10(17)15-16-12(19)11(18)14-7-5-6-7/h1-4,7H,5-6H2,(H,14,18)(H,15,17)(H,16,19). The molecule has 1 aliphatic rings. The van der Waals surface area contributed by atoms with E-state index in [-0.39, 0.29) is 6.04 Å². The molecular weight excluding hydrogens is 361 g/mol. The van der Waals surface area contributed by atoms with Crippen LogP contribution in [-0.2, 0) is 9.59 Å². The predicted molar refractivity (Wildman–Crippen MR) is 75.9 cm³/mol. The molecule has 1 aliphatic carbocycles. The SMILES string of the molecule is O=C(NNC(=O)c1ccccc1I)C(=O)NC1CC1. The average molecular weight is 373 g/mol. The summed E-state index contributed by atoms with van der Waals surface area (Å²) in [6.07, 6.45) is 1.79. The molecule has 0 bridgehead atoms. The third-order valence-electron chi connectivity index (χ3n) is 2.53. The zero-order valence-electron chi connectivity index (χ0n) is 9.90. The Bertz CT molecular complexity index is 529. The molecule has 0 aromatic heterocycles. The fourth-order valence-corrected chi connectivity index (χ4v) is 1.99. The van der Waals surface area contributed by atoms with Crippen LogP contribution in [0.3, 0.4) is 0 Å². The van der Waals surface area contributed by atoms with Gasteiger partial charge >= 0.3 is 11.8 Å². The molecule has 0 atom stereocenters. The van der Waals surface area contributed by atoms with Crippen molar-refractivity contribution in [2.75, 3.05) is 0 Å². The minimum atomic E-state index is -0.869. The van der Waals surface area contributed by atoms with E-state index in [1.165, 1.54) is 0 Å². The van der Waals surface area contributed by atoms with Gasteiger partial charge in [0.25, 0.3) is 5.91 Å². The minimum absolute atomic E-state index is 0.101. The van der Waals surface area contributed by atoms with E-state index in [0.717, 1.165) is 16.4 Å². The Morgan fingerprint density at radius 2 is 1.74 bits per heavy atom. The van der Waals surface area contributed by atoms with E-state index in [2.05, 4.69) is 16.2 Å². The van der Waals surface area contributed by atoms with Crippen molar-refractivity contribution in [2.45, 2.75) is 18.9 Å². The molecule has 0 aliphatic heterocycles. The van der Waals surface area contributed by atoms with Crippen molar-refractivity contribution in [2.24, 2.45) is 0 Å². The highest BCUT2D eigenvalue weighted by Crippen LogP contribution is 2.18. The van der Waals surface area contributed by atoms with Crippen molar-refractivity contribution >= 4 is 40.3 Å². The summed E-state index contributed by atoms with van der Waals surface area (Å²) in [7, 11) is 0. The molecule has 3 N–H and O–H groups in total. The molecule has 7 heteroatoms. The van der Waals surface area contributed by atoms with Gasteiger partial charge in [0.05, 0.1) is 5.56 Å². The summed E-state index contributed by atoms with van der Waals surface area (Å²) in [5.41, 5.74) is 4.73. The molecule has 1 saturated carbocycles. The highest BCUT2D eigenvalue weighted by Gasteiger charge is 2.26. The number of halogens is 1. The quantitative estimate of drug-likeness (QED) is 0.397. The lowest BCUT2D eigenvalue weighted by molar-refractivity contribution is -0.139. The number of benzene rings is 1. The van der Waals surface area contributed by atoms with Crippen LogP contribution in [0.5, 0.6) is 0 Å². The second-order valence-corrected chi connectivity index (χ2v) is 5.30. The van der Waals surface area contributed by atoms with Gasteiger partial charge in [0.2, 0.25) is 0 Å². The molecule has 6 nitrogen and oxygen atoms in total. The van der Waals surface area contributed by atoms with Gasteiger partial charge in [-0.25, -0.2) is 0 Å². The Kier molecular flexibility index (Phi) is 4.35. The Labute approximate surface area is 123 Å². The Morgan fingerprint density at radius 3 is 2.37 bits per heavy atom. The molecule has 0 heterocycles. The molecule has 0 saturated heterocycles. The fraction of sp³-hybridized carbons (Fsp3) is 0.250. The zero-order chi connectivity index (χ0) is 13.8. The lowest BCUT2D eigenvalue weighted by atomic mass is 10.2. The lowest BCUT2D eigenvalue weighted by Gasteiger charge is -2.08.